The van der Waals surface area contributed by atoms with Crippen LogP contribution in [0.1, 0.15) is 94.2 Å². The average Bonchev–Trinajstić information content (AvgIpc) is 3.16. The van der Waals surface area contributed by atoms with E-state index in [1.54, 1.807) is 0 Å². The fourth-order valence-corrected chi connectivity index (χ4v) is 8.10. The summed E-state index contributed by atoms with van der Waals surface area (Å²) in [6.45, 7) is 16.6. The van der Waals surface area contributed by atoms with Crippen LogP contribution in [0.3, 0.4) is 0 Å². The molecular weight excluding hydrogens is 571 g/mol. The van der Waals surface area contributed by atoms with E-state index in [4.69, 9.17) is 4.74 Å². The van der Waals surface area contributed by atoms with Crippen molar-refractivity contribution < 1.29 is 4.74 Å². The monoisotopic (exact) mass is 619 g/mol. The van der Waals surface area contributed by atoms with Gasteiger partial charge in [0.2, 0.25) is 0 Å². The number of nitrogens with zero attached hydrogens (tertiary/aromatic N) is 1. The maximum Gasteiger partial charge on any atom is 0.178 e. The van der Waals surface area contributed by atoms with Crippen molar-refractivity contribution in [3.63, 3.8) is 0 Å². The molecule has 2 aliphatic rings. The Hall–Kier alpha value is -4.30. The molecule has 0 radical (unpaired) electrons. The lowest BCUT2D eigenvalue weighted by molar-refractivity contribution is 0.163. The molecule has 2 nitrogen and oxygen atoms in total. The van der Waals surface area contributed by atoms with Crippen LogP contribution in [-0.4, -0.2) is 14.1 Å². The summed E-state index contributed by atoms with van der Waals surface area (Å²) < 4.78 is 7.65. The molecule has 0 N–H and O–H groups in total. The van der Waals surface area contributed by atoms with Crippen molar-refractivity contribution in [3.05, 3.63) is 137 Å². The summed E-state index contributed by atoms with van der Waals surface area (Å²) in [5.74, 6) is 1.82. The molecule has 0 aromatic heterocycles. The van der Waals surface area contributed by atoms with Crippen molar-refractivity contribution in [1.82, 2.24) is 0 Å². The molecule has 1 heterocycles. The van der Waals surface area contributed by atoms with Gasteiger partial charge in [-0.15, -0.1) is 0 Å². The molecule has 47 heavy (non-hydrogen) atoms. The third kappa shape index (κ3) is 5.08. The zero-order valence-electron chi connectivity index (χ0n) is 29.6. The molecular formula is C45H49NO. The van der Waals surface area contributed by atoms with E-state index in [1.165, 1.54) is 49.8 Å². The Balaban J connectivity index is 1.60. The molecule has 0 amide bonds. The van der Waals surface area contributed by atoms with Gasteiger partial charge in [-0.2, -0.15) is 0 Å². The van der Waals surface area contributed by atoms with E-state index >= 15 is 0 Å². The van der Waals surface area contributed by atoms with Crippen LogP contribution in [-0.2, 0) is 16.4 Å². The first-order valence-electron chi connectivity index (χ1n) is 17.3. The zero-order chi connectivity index (χ0) is 33.3. The fourth-order valence-electron chi connectivity index (χ4n) is 8.10. The summed E-state index contributed by atoms with van der Waals surface area (Å²) in [6.07, 6.45) is 5.81. The first kappa shape index (κ1) is 31.3. The Morgan fingerprint density at radius 2 is 1.45 bits per heavy atom. The van der Waals surface area contributed by atoms with Crippen molar-refractivity contribution in [2.75, 3.05) is 19.0 Å². The Morgan fingerprint density at radius 1 is 0.787 bits per heavy atom. The van der Waals surface area contributed by atoms with E-state index in [0.717, 1.165) is 23.3 Å². The Labute approximate surface area is 282 Å². The van der Waals surface area contributed by atoms with Crippen LogP contribution in [0, 0.1) is 5.92 Å². The van der Waals surface area contributed by atoms with E-state index in [-0.39, 0.29) is 10.8 Å². The molecule has 2 atom stereocenters. The minimum absolute atomic E-state index is 0.00271. The molecule has 5 aromatic rings. The Morgan fingerprint density at radius 3 is 2.11 bits per heavy atom. The number of hydrogen-bond donors (Lipinski definition) is 0. The number of hydrogen-bond acceptors (Lipinski definition) is 2. The minimum Gasteiger partial charge on any atom is -0.472 e. The van der Waals surface area contributed by atoms with Crippen LogP contribution in [0.4, 0.5) is 5.69 Å². The number of fused-ring (bicyclic) bond motifs is 8. The third-order valence-corrected chi connectivity index (χ3v) is 10.8. The highest BCUT2D eigenvalue weighted by Crippen LogP contribution is 2.57. The predicted octanol–water partition coefficient (Wildman–Crippen LogP) is 11.6. The van der Waals surface area contributed by atoms with E-state index in [1.807, 2.05) is 0 Å². The van der Waals surface area contributed by atoms with Crippen LogP contribution in [0.2, 0.25) is 0 Å². The van der Waals surface area contributed by atoms with Crippen LogP contribution in [0.15, 0.2) is 103 Å². The average molecular weight is 620 g/mol. The van der Waals surface area contributed by atoms with Crippen molar-refractivity contribution in [2.45, 2.75) is 77.2 Å². The van der Waals surface area contributed by atoms with Crippen LogP contribution in [0.25, 0.3) is 28.0 Å². The lowest BCUT2D eigenvalue weighted by Gasteiger charge is -2.39. The Bertz CT molecular complexity index is 1990. The second-order valence-corrected chi connectivity index (χ2v) is 16.0. The summed E-state index contributed by atoms with van der Waals surface area (Å²) in [4.78, 5) is 2.15. The fraction of sp³-hybridized carbons (Fsp3) is 0.333. The highest BCUT2D eigenvalue weighted by atomic mass is 16.5. The third-order valence-electron chi connectivity index (χ3n) is 10.8. The normalized spacial score (nSPS) is 19.8. The smallest absolute Gasteiger partial charge is 0.178 e. The van der Waals surface area contributed by atoms with Crippen LogP contribution >= 0.6 is 0 Å². The lowest BCUT2D eigenvalue weighted by Crippen LogP contribution is -2.35. The summed E-state index contributed by atoms with van der Waals surface area (Å²) in [6, 6.07) is 35.9. The van der Waals surface area contributed by atoms with Gasteiger partial charge in [0, 0.05) is 41.9 Å². The number of rotatable bonds is 4. The summed E-state index contributed by atoms with van der Waals surface area (Å²) >= 11 is 0. The Kier molecular flexibility index (Phi) is 7.43. The van der Waals surface area contributed by atoms with Crippen LogP contribution < -0.4 is 9.64 Å². The maximum atomic E-state index is 7.65. The molecule has 0 spiro atoms. The van der Waals surface area contributed by atoms with E-state index in [0.29, 0.717) is 11.8 Å². The number of anilines is 1. The first-order chi connectivity index (χ1) is 22.3. The molecule has 0 saturated carbocycles. The molecule has 5 aromatic carbocycles. The number of ether oxygens (including phenoxy) is 1. The van der Waals surface area contributed by atoms with Crippen molar-refractivity contribution >= 4 is 22.5 Å². The minimum atomic E-state index is -0.771. The van der Waals surface area contributed by atoms with Crippen molar-refractivity contribution in [2.24, 2.45) is 5.92 Å². The van der Waals surface area contributed by atoms with Gasteiger partial charge in [-0.1, -0.05) is 133 Å². The standard InChI is InChI=1S/C45H49NO/c1-29(2)38-28-44(6,7)39-18-14-13-17-35(39)40-34-24-21-32(43(3,4)5)27-37(34)42-36(41(38)40)25-26-45(47-42,30-15-11-10-12-16-30)31-19-22-33(23-20-31)46(8)9/h10-27,29,38H,28H2,1-9H3. The first-order valence-corrected chi connectivity index (χ1v) is 17.3. The van der Waals surface area contributed by atoms with E-state index in [2.05, 4.69) is 177 Å². The van der Waals surface area contributed by atoms with Gasteiger partial charge in [0.25, 0.3) is 0 Å². The van der Waals surface area contributed by atoms with Gasteiger partial charge < -0.3 is 9.64 Å². The molecule has 7 rings (SSSR count). The van der Waals surface area contributed by atoms with E-state index in [9.17, 15) is 0 Å². The van der Waals surface area contributed by atoms with Gasteiger partial charge in [-0.25, -0.2) is 0 Å². The second-order valence-electron chi connectivity index (χ2n) is 16.0. The van der Waals surface area contributed by atoms with Gasteiger partial charge in [0.1, 0.15) is 5.75 Å². The highest BCUT2D eigenvalue weighted by Gasteiger charge is 2.42. The topological polar surface area (TPSA) is 12.5 Å². The predicted molar refractivity (Wildman–Crippen MR) is 201 cm³/mol. The highest BCUT2D eigenvalue weighted by molar-refractivity contribution is 6.06. The van der Waals surface area contributed by atoms with Crippen LogP contribution in [0.5, 0.6) is 5.75 Å². The molecule has 240 valence electrons. The largest absolute Gasteiger partial charge is 0.472 e. The van der Waals surface area contributed by atoms with Gasteiger partial charge >= 0.3 is 0 Å². The molecule has 0 saturated heterocycles. The number of benzene rings is 5. The van der Waals surface area contributed by atoms with E-state index < -0.39 is 5.60 Å². The van der Waals surface area contributed by atoms with Crippen molar-refractivity contribution in [1.29, 1.82) is 0 Å². The van der Waals surface area contributed by atoms with Gasteiger partial charge in [-0.3, -0.25) is 0 Å². The molecule has 2 heteroatoms. The van der Waals surface area contributed by atoms with Crippen molar-refractivity contribution in [3.8, 4) is 16.9 Å². The maximum absolute atomic E-state index is 7.65. The molecule has 0 bridgehead atoms. The van der Waals surface area contributed by atoms with Gasteiger partial charge in [0.05, 0.1) is 0 Å². The molecule has 1 aliphatic heterocycles. The summed E-state index contributed by atoms with van der Waals surface area (Å²) in [5.41, 5.74) is 10.8. The SMILES string of the molecule is CC(C)C1CC(C)(C)c2ccccc2-c2c1c1c(c3cc(C(C)(C)C)ccc23)OC(c2ccccc2)(c2ccc(N(C)C)cc2)C=C1. The zero-order valence-corrected chi connectivity index (χ0v) is 29.6. The quantitative estimate of drug-likeness (QED) is 0.198. The molecule has 0 fully saturated rings. The van der Waals surface area contributed by atoms with Gasteiger partial charge in [0.15, 0.2) is 5.60 Å². The van der Waals surface area contributed by atoms with Gasteiger partial charge in [-0.05, 0) is 86.6 Å². The molecule has 1 aliphatic carbocycles. The summed E-state index contributed by atoms with van der Waals surface area (Å²) in [7, 11) is 4.18. The lowest BCUT2D eigenvalue weighted by atomic mass is 9.72. The summed E-state index contributed by atoms with van der Waals surface area (Å²) in [5, 5.41) is 2.47. The molecule has 2 unspecified atom stereocenters. The second kappa shape index (κ2) is 11.2.